The number of nitrogens with one attached hydrogen (secondary N) is 2. The molecule has 10 nitrogen and oxygen atoms in total. The lowest BCUT2D eigenvalue weighted by Gasteiger charge is -2.41. The van der Waals surface area contributed by atoms with Gasteiger partial charge in [0.2, 0.25) is 15.9 Å². The molecule has 12 heteroatoms. The van der Waals surface area contributed by atoms with Crippen molar-refractivity contribution in [2.75, 3.05) is 39.9 Å². The van der Waals surface area contributed by atoms with Crippen molar-refractivity contribution < 1.29 is 27.9 Å². The molecule has 3 fully saturated rings. The maximum absolute atomic E-state index is 14.3. The van der Waals surface area contributed by atoms with Gasteiger partial charge in [0, 0.05) is 62.9 Å². The van der Waals surface area contributed by atoms with E-state index < -0.39 is 22.2 Å². The quantitative estimate of drug-likeness (QED) is 0.308. The maximum Gasteiger partial charge on any atom is 0.407 e. The zero-order valence-electron chi connectivity index (χ0n) is 26.5. The SMILES string of the molecule is CN(C(=O)O)[C@H](C(=O)N[C@H]1CCCC[C@@H]1CC[C@H]1CNCCN1S(=O)(=O)c1ccccc1)[C@@H](c1ccc(Cl)cc1)C1CCOCC1. The van der Waals surface area contributed by atoms with Crippen LogP contribution in [-0.4, -0.2) is 92.8 Å². The smallest absolute Gasteiger partial charge is 0.407 e. The predicted molar refractivity (Wildman–Crippen MR) is 177 cm³/mol. The number of amides is 2. The average Bonchev–Trinajstić information content (AvgIpc) is 3.08. The minimum atomic E-state index is -3.63. The summed E-state index contributed by atoms with van der Waals surface area (Å²) in [7, 11) is -2.15. The van der Waals surface area contributed by atoms with Gasteiger partial charge in [0.05, 0.1) is 4.90 Å². The standard InChI is InChI=1S/C34H47ClN4O6S/c1-38(34(41)42)32(31(26-17-21-45-22-18-26)25-11-14-27(35)15-12-25)33(40)37-30-10-6-5-7-24(30)13-16-28-23-36-19-20-39(28)46(43,44)29-8-3-2-4-9-29/h2-4,8-9,11-12,14-15,24,26,28,30-32,36H,5-7,10,13,16-23H2,1H3,(H,37,40)(H,41,42)/t24-,28+,30+,31+,32+/m1/s1. The molecule has 3 N–H and O–H groups in total. The van der Waals surface area contributed by atoms with Crippen LogP contribution in [0.4, 0.5) is 4.79 Å². The Morgan fingerprint density at radius 3 is 2.43 bits per heavy atom. The fourth-order valence-electron chi connectivity index (χ4n) is 7.62. The number of sulfonamides is 1. The van der Waals surface area contributed by atoms with Crippen LogP contribution in [-0.2, 0) is 19.6 Å². The largest absolute Gasteiger partial charge is 0.465 e. The summed E-state index contributed by atoms with van der Waals surface area (Å²) in [5.41, 5.74) is 0.884. The highest BCUT2D eigenvalue weighted by Crippen LogP contribution is 2.38. The Bertz CT molecular complexity index is 1410. The average molecular weight is 675 g/mol. The van der Waals surface area contributed by atoms with Crippen LogP contribution in [0.15, 0.2) is 59.5 Å². The van der Waals surface area contributed by atoms with Gasteiger partial charge < -0.3 is 20.5 Å². The number of halogens is 1. The van der Waals surface area contributed by atoms with Crippen LogP contribution in [0.5, 0.6) is 0 Å². The number of hydrogen-bond acceptors (Lipinski definition) is 6. The van der Waals surface area contributed by atoms with Gasteiger partial charge in [-0.1, -0.05) is 54.8 Å². The lowest BCUT2D eigenvalue weighted by atomic mass is 9.75. The number of rotatable bonds is 11. The molecule has 0 bridgehead atoms. The molecule has 1 saturated carbocycles. The maximum atomic E-state index is 14.3. The molecule has 2 saturated heterocycles. The first kappa shape index (κ1) is 34.6. The molecule has 5 rings (SSSR count). The molecule has 46 heavy (non-hydrogen) atoms. The van der Waals surface area contributed by atoms with E-state index in [4.69, 9.17) is 16.3 Å². The molecule has 0 unspecified atom stereocenters. The Balaban J connectivity index is 1.34. The van der Waals surface area contributed by atoms with Crippen molar-refractivity contribution in [3.63, 3.8) is 0 Å². The van der Waals surface area contributed by atoms with Crippen LogP contribution in [0.2, 0.25) is 5.02 Å². The monoisotopic (exact) mass is 674 g/mol. The summed E-state index contributed by atoms with van der Waals surface area (Å²) in [5, 5.41) is 17.4. The van der Waals surface area contributed by atoms with E-state index in [1.165, 1.54) is 7.05 Å². The fraction of sp³-hybridized carbons (Fsp3) is 0.588. The van der Waals surface area contributed by atoms with Crippen molar-refractivity contribution in [1.82, 2.24) is 19.8 Å². The Morgan fingerprint density at radius 2 is 1.74 bits per heavy atom. The first-order chi connectivity index (χ1) is 22.2. The van der Waals surface area contributed by atoms with Crippen molar-refractivity contribution in [3.05, 3.63) is 65.2 Å². The second-order valence-electron chi connectivity index (χ2n) is 12.9. The van der Waals surface area contributed by atoms with Crippen LogP contribution in [0, 0.1) is 11.8 Å². The molecular formula is C34H47ClN4O6S. The molecule has 0 spiro atoms. The van der Waals surface area contributed by atoms with Crippen LogP contribution < -0.4 is 10.6 Å². The Hall–Kier alpha value is -2.70. The molecular weight excluding hydrogens is 628 g/mol. The second-order valence-corrected chi connectivity index (χ2v) is 15.2. The third-order valence-corrected chi connectivity index (χ3v) is 12.3. The van der Waals surface area contributed by atoms with Gasteiger partial charge >= 0.3 is 6.09 Å². The third-order valence-electron chi connectivity index (χ3n) is 10.1. The summed E-state index contributed by atoms with van der Waals surface area (Å²) >= 11 is 6.21. The van der Waals surface area contributed by atoms with Crippen LogP contribution in [0.3, 0.4) is 0 Å². The first-order valence-electron chi connectivity index (χ1n) is 16.5. The van der Waals surface area contributed by atoms with Gasteiger partial charge in [-0.15, -0.1) is 0 Å². The molecule has 0 aromatic heterocycles. The number of likely N-dealkylation sites (N-methyl/N-ethyl adjacent to an activating group) is 1. The van der Waals surface area contributed by atoms with Crippen molar-refractivity contribution in [2.24, 2.45) is 11.8 Å². The van der Waals surface area contributed by atoms with Crippen molar-refractivity contribution in [2.45, 2.75) is 80.3 Å². The van der Waals surface area contributed by atoms with Gasteiger partial charge in [-0.25, -0.2) is 13.2 Å². The third kappa shape index (κ3) is 8.23. The first-order valence-corrected chi connectivity index (χ1v) is 18.4. The molecule has 252 valence electrons. The van der Waals surface area contributed by atoms with E-state index in [1.807, 2.05) is 18.2 Å². The van der Waals surface area contributed by atoms with E-state index in [1.54, 1.807) is 40.7 Å². The minimum Gasteiger partial charge on any atom is -0.465 e. The topological polar surface area (TPSA) is 128 Å². The highest BCUT2D eigenvalue weighted by Gasteiger charge is 2.42. The normalized spacial score (nSPS) is 24.5. The second kappa shape index (κ2) is 15.9. The number of ether oxygens (including phenoxy) is 1. The number of nitrogens with zero attached hydrogens (tertiary/aromatic N) is 2. The number of carbonyl (C=O) groups excluding carboxylic acids is 1. The predicted octanol–water partition coefficient (Wildman–Crippen LogP) is 4.95. The van der Waals surface area contributed by atoms with Gasteiger partial charge in [-0.05, 0) is 80.2 Å². The Morgan fingerprint density at radius 1 is 1.04 bits per heavy atom. The zero-order chi connectivity index (χ0) is 32.7. The van der Waals surface area contributed by atoms with Crippen molar-refractivity contribution in [1.29, 1.82) is 0 Å². The molecule has 2 aromatic carbocycles. The number of hydrogen-bond donors (Lipinski definition) is 3. The van der Waals surface area contributed by atoms with Crippen molar-refractivity contribution in [3.8, 4) is 0 Å². The zero-order valence-corrected chi connectivity index (χ0v) is 28.1. The molecule has 1 aliphatic carbocycles. The van der Waals surface area contributed by atoms with E-state index in [2.05, 4.69) is 10.6 Å². The highest BCUT2D eigenvalue weighted by atomic mass is 35.5. The summed E-state index contributed by atoms with van der Waals surface area (Å²) in [6.45, 7) is 2.73. The van der Waals surface area contributed by atoms with Crippen LogP contribution in [0.1, 0.15) is 62.8 Å². The fourth-order valence-corrected chi connectivity index (χ4v) is 9.42. The summed E-state index contributed by atoms with van der Waals surface area (Å²) in [6, 6.07) is 14.7. The number of carboxylic acid groups (broad SMARTS) is 1. The molecule has 2 aromatic rings. The van der Waals surface area contributed by atoms with Gasteiger partial charge in [0.1, 0.15) is 6.04 Å². The number of piperazine rings is 1. The summed E-state index contributed by atoms with van der Waals surface area (Å²) in [4.78, 5) is 28.2. The molecule has 2 aliphatic heterocycles. The Kier molecular flexibility index (Phi) is 12.0. The van der Waals surface area contributed by atoms with Gasteiger partial charge in [0.15, 0.2) is 0 Å². The van der Waals surface area contributed by atoms with E-state index in [0.717, 1.165) is 55.4 Å². The summed E-state index contributed by atoms with van der Waals surface area (Å²) in [5.74, 6) is -0.435. The van der Waals surface area contributed by atoms with Gasteiger partial charge in [0.25, 0.3) is 0 Å². The highest BCUT2D eigenvalue weighted by molar-refractivity contribution is 7.89. The molecule has 0 radical (unpaired) electrons. The Labute approximate surface area is 277 Å². The molecule has 3 aliphatic rings. The number of carbonyl (C=O) groups is 2. The van der Waals surface area contributed by atoms with E-state index in [9.17, 15) is 23.1 Å². The van der Waals surface area contributed by atoms with Crippen molar-refractivity contribution >= 4 is 33.6 Å². The lowest BCUT2D eigenvalue weighted by Crippen LogP contribution is -2.56. The number of benzene rings is 2. The lowest BCUT2D eigenvalue weighted by molar-refractivity contribution is -0.128. The summed E-state index contributed by atoms with van der Waals surface area (Å²) < 4.78 is 34.4. The molecule has 2 amide bonds. The molecule has 2 heterocycles. The van der Waals surface area contributed by atoms with E-state index in [0.29, 0.717) is 49.2 Å². The van der Waals surface area contributed by atoms with Crippen LogP contribution in [0.25, 0.3) is 0 Å². The van der Waals surface area contributed by atoms with E-state index >= 15 is 0 Å². The minimum absolute atomic E-state index is 0.0611. The summed E-state index contributed by atoms with van der Waals surface area (Å²) in [6.07, 6.45) is 5.48. The van der Waals surface area contributed by atoms with Gasteiger partial charge in [-0.2, -0.15) is 4.31 Å². The van der Waals surface area contributed by atoms with Crippen LogP contribution >= 0.6 is 11.6 Å². The van der Waals surface area contributed by atoms with E-state index in [-0.39, 0.29) is 35.7 Å². The molecule has 5 atom stereocenters. The van der Waals surface area contributed by atoms with Gasteiger partial charge in [-0.3, -0.25) is 9.69 Å².